The van der Waals surface area contributed by atoms with Crippen molar-refractivity contribution in [1.82, 2.24) is 5.32 Å². The summed E-state index contributed by atoms with van der Waals surface area (Å²) in [4.78, 5) is 0. The Morgan fingerprint density at radius 1 is 1.20 bits per heavy atom. The molecule has 2 rings (SSSR count). The first-order valence-corrected chi connectivity index (χ1v) is 8.38. The van der Waals surface area contributed by atoms with Gasteiger partial charge < -0.3 is 5.32 Å². The summed E-state index contributed by atoms with van der Waals surface area (Å²) in [6, 6.07) is 6.99. The molecule has 1 saturated carbocycles. The SMILES string of the molecule is CCNC(c1ccc(Cl)c(C)c1)C1CC(C)CC(C)C1. The third-order valence-electron chi connectivity index (χ3n) is 4.65. The van der Waals surface area contributed by atoms with Crippen molar-refractivity contribution in [3.8, 4) is 0 Å². The lowest BCUT2D eigenvalue weighted by Gasteiger charge is -2.37. The molecule has 0 radical (unpaired) electrons. The van der Waals surface area contributed by atoms with Crippen LogP contribution in [0.25, 0.3) is 0 Å². The molecule has 1 aliphatic carbocycles. The third kappa shape index (κ3) is 3.77. The predicted octanol–water partition coefficient (Wildman–Crippen LogP) is 5.37. The van der Waals surface area contributed by atoms with Gasteiger partial charge in [0.05, 0.1) is 0 Å². The zero-order valence-corrected chi connectivity index (χ0v) is 14.0. The molecule has 2 heteroatoms. The van der Waals surface area contributed by atoms with Gasteiger partial charge in [0.2, 0.25) is 0 Å². The molecule has 20 heavy (non-hydrogen) atoms. The fourth-order valence-corrected chi connectivity index (χ4v) is 4.04. The summed E-state index contributed by atoms with van der Waals surface area (Å²) in [6.45, 7) is 10.1. The van der Waals surface area contributed by atoms with Crippen molar-refractivity contribution in [2.75, 3.05) is 6.54 Å². The van der Waals surface area contributed by atoms with Crippen LogP contribution < -0.4 is 5.32 Å². The molecule has 0 saturated heterocycles. The fraction of sp³-hybridized carbons (Fsp3) is 0.667. The van der Waals surface area contributed by atoms with Crippen LogP contribution in [-0.4, -0.2) is 6.54 Å². The van der Waals surface area contributed by atoms with E-state index in [2.05, 4.69) is 45.1 Å². The number of benzene rings is 1. The van der Waals surface area contributed by atoms with Gasteiger partial charge in [-0.2, -0.15) is 0 Å². The summed E-state index contributed by atoms with van der Waals surface area (Å²) in [5.41, 5.74) is 2.59. The first-order chi connectivity index (χ1) is 9.51. The van der Waals surface area contributed by atoms with Gasteiger partial charge >= 0.3 is 0 Å². The molecule has 0 spiro atoms. The van der Waals surface area contributed by atoms with E-state index in [0.29, 0.717) is 6.04 Å². The molecule has 1 nitrogen and oxygen atoms in total. The number of halogens is 1. The van der Waals surface area contributed by atoms with Crippen molar-refractivity contribution in [3.63, 3.8) is 0 Å². The van der Waals surface area contributed by atoms with Crippen LogP contribution in [0.3, 0.4) is 0 Å². The Hall–Kier alpha value is -0.530. The molecule has 0 aromatic heterocycles. The monoisotopic (exact) mass is 293 g/mol. The number of hydrogen-bond acceptors (Lipinski definition) is 1. The van der Waals surface area contributed by atoms with Crippen molar-refractivity contribution < 1.29 is 0 Å². The quantitative estimate of drug-likeness (QED) is 0.787. The van der Waals surface area contributed by atoms with E-state index in [4.69, 9.17) is 11.6 Å². The Balaban J connectivity index is 2.23. The van der Waals surface area contributed by atoms with Crippen LogP contribution in [0.15, 0.2) is 18.2 Å². The molecular weight excluding hydrogens is 266 g/mol. The van der Waals surface area contributed by atoms with Gasteiger partial charge in [0, 0.05) is 11.1 Å². The molecule has 0 aliphatic heterocycles. The average Bonchev–Trinajstić information content (AvgIpc) is 2.38. The van der Waals surface area contributed by atoms with E-state index in [-0.39, 0.29) is 0 Å². The molecular formula is C18H28ClN. The lowest BCUT2D eigenvalue weighted by molar-refractivity contribution is 0.177. The zero-order chi connectivity index (χ0) is 14.7. The van der Waals surface area contributed by atoms with E-state index in [1.807, 2.05) is 6.07 Å². The molecule has 112 valence electrons. The Kier molecular flexibility index (Phi) is 5.51. The van der Waals surface area contributed by atoms with Crippen LogP contribution in [-0.2, 0) is 0 Å². The molecule has 0 heterocycles. The molecule has 0 amide bonds. The van der Waals surface area contributed by atoms with Crippen molar-refractivity contribution >= 4 is 11.6 Å². The number of hydrogen-bond donors (Lipinski definition) is 1. The standard InChI is InChI=1S/C18H28ClN/c1-5-20-18(15-6-7-17(19)14(4)11-15)16-9-12(2)8-13(3)10-16/h6-7,11-13,16,18,20H,5,8-10H2,1-4H3. The minimum Gasteiger partial charge on any atom is -0.310 e. The maximum atomic E-state index is 6.17. The Bertz CT molecular complexity index is 433. The third-order valence-corrected chi connectivity index (χ3v) is 5.08. The van der Waals surface area contributed by atoms with Crippen molar-refractivity contribution in [2.24, 2.45) is 17.8 Å². The molecule has 1 aromatic carbocycles. The Labute approximate surface area is 129 Å². The first kappa shape index (κ1) is 15.9. The van der Waals surface area contributed by atoms with Gasteiger partial charge in [-0.1, -0.05) is 44.5 Å². The van der Waals surface area contributed by atoms with Crippen molar-refractivity contribution in [3.05, 3.63) is 34.3 Å². The van der Waals surface area contributed by atoms with Crippen LogP contribution in [0.2, 0.25) is 5.02 Å². The highest BCUT2D eigenvalue weighted by Gasteiger charge is 2.30. The van der Waals surface area contributed by atoms with E-state index < -0.39 is 0 Å². The molecule has 1 aliphatic rings. The van der Waals surface area contributed by atoms with Crippen LogP contribution in [0.1, 0.15) is 57.2 Å². The van der Waals surface area contributed by atoms with Crippen LogP contribution in [0, 0.1) is 24.7 Å². The summed E-state index contributed by atoms with van der Waals surface area (Å²) in [7, 11) is 0. The highest BCUT2D eigenvalue weighted by molar-refractivity contribution is 6.31. The lowest BCUT2D eigenvalue weighted by atomic mass is 9.72. The molecule has 3 unspecified atom stereocenters. The first-order valence-electron chi connectivity index (χ1n) is 8.00. The number of aryl methyl sites for hydroxylation is 1. The highest BCUT2D eigenvalue weighted by Crippen LogP contribution is 2.40. The normalized spacial score (nSPS) is 28.4. The summed E-state index contributed by atoms with van der Waals surface area (Å²) < 4.78 is 0. The van der Waals surface area contributed by atoms with Gasteiger partial charge in [-0.3, -0.25) is 0 Å². The van der Waals surface area contributed by atoms with Gasteiger partial charge in [0.25, 0.3) is 0 Å². The minimum absolute atomic E-state index is 0.473. The predicted molar refractivity (Wildman–Crippen MR) is 88.3 cm³/mol. The molecule has 1 fully saturated rings. The molecule has 1 N–H and O–H groups in total. The number of nitrogens with one attached hydrogen (secondary N) is 1. The van der Waals surface area contributed by atoms with E-state index in [1.54, 1.807) is 0 Å². The highest BCUT2D eigenvalue weighted by atomic mass is 35.5. The summed E-state index contributed by atoms with van der Waals surface area (Å²) >= 11 is 6.17. The zero-order valence-electron chi connectivity index (χ0n) is 13.2. The average molecular weight is 294 g/mol. The Morgan fingerprint density at radius 3 is 2.40 bits per heavy atom. The second-order valence-electron chi connectivity index (χ2n) is 6.72. The van der Waals surface area contributed by atoms with Crippen molar-refractivity contribution in [2.45, 2.75) is 53.0 Å². The van der Waals surface area contributed by atoms with Gasteiger partial charge in [-0.15, -0.1) is 0 Å². The van der Waals surface area contributed by atoms with Crippen LogP contribution in [0.5, 0.6) is 0 Å². The molecule has 0 bridgehead atoms. The largest absolute Gasteiger partial charge is 0.310 e. The second kappa shape index (κ2) is 6.95. The summed E-state index contributed by atoms with van der Waals surface area (Å²) in [5, 5.41) is 4.58. The summed E-state index contributed by atoms with van der Waals surface area (Å²) in [6.07, 6.45) is 4.06. The van der Waals surface area contributed by atoms with Crippen LogP contribution in [0.4, 0.5) is 0 Å². The van der Waals surface area contributed by atoms with E-state index in [9.17, 15) is 0 Å². The van der Waals surface area contributed by atoms with E-state index in [0.717, 1.165) is 29.3 Å². The maximum Gasteiger partial charge on any atom is 0.0435 e. The topological polar surface area (TPSA) is 12.0 Å². The smallest absolute Gasteiger partial charge is 0.0435 e. The number of rotatable bonds is 4. The van der Waals surface area contributed by atoms with Gasteiger partial charge in [0.1, 0.15) is 0 Å². The molecule has 1 aromatic rings. The van der Waals surface area contributed by atoms with E-state index >= 15 is 0 Å². The van der Waals surface area contributed by atoms with Crippen molar-refractivity contribution in [1.29, 1.82) is 0 Å². The minimum atomic E-state index is 0.473. The second-order valence-corrected chi connectivity index (χ2v) is 7.13. The Morgan fingerprint density at radius 2 is 1.85 bits per heavy atom. The van der Waals surface area contributed by atoms with Crippen LogP contribution >= 0.6 is 11.6 Å². The lowest BCUT2D eigenvalue weighted by Crippen LogP contribution is -2.33. The van der Waals surface area contributed by atoms with Gasteiger partial charge in [0.15, 0.2) is 0 Å². The molecule has 3 atom stereocenters. The fourth-order valence-electron chi connectivity index (χ4n) is 3.92. The van der Waals surface area contributed by atoms with E-state index in [1.165, 1.54) is 30.4 Å². The van der Waals surface area contributed by atoms with Gasteiger partial charge in [-0.25, -0.2) is 0 Å². The maximum absolute atomic E-state index is 6.17. The summed E-state index contributed by atoms with van der Waals surface area (Å²) in [5.74, 6) is 2.44. The van der Waals surface area contributed by atoms with Gasteiger partial charge in [-0.05, 0) is 67.7 Å².